The van der Waals surface area contributed by atoms with Crippen molar-refractivity contribution in [2.45, 2.75) is 6.04 Å². The Hall–Kier alpha value is -3.11. The third kappa shape index (κ3) is 3.00. The Morgan fingerprint density at radius 3 is 1.97 bits per heavy atom. The summed E-state index contributed by atoms with van der Waals surface area (Å²) >= 11 is 0. The number of para-hydroxylation sites is 1. The fraction of sp³-hybridized carbons (Fsp3) is 0.240. The molecule has 1 aliphatic heterocycles. The number of benzene rings is 3. The molecule has 146 valence electrons. The number of carbonyl (C=O) groups is 1. The van der Waals surface area contributed by atoms with Gasteiger partial charge in [-0.05, 0) is 34.4 Å². The fourth-order valence-corrected chi connectivity index (χ4v) is 4.70. The molecule has 1 aliphatic carbocycles. The maximum absolute atomic E-state index is 13.0. The molecule has 5 rings (SSSR count). The lowest BCUT2D eigenvalue weighted by atomic mass is 10.0. The van der Waals surface area contributed by atoms with Crippen molar-refractivity contribution in [1.82, 2.24) is 9.80 Å². The van der Waals surface area contributed by atoms with Gasteiger partial charge in [0.2, 0.25) is 0 Å². The van der Waals surface area contributed by atoms with Crippen LogP contribution in [0.15, 0.2) is 72.8 Å². The van der Waals surface area contributed by atoms with Crippen molar-refractivity contribution in [1.29, 1.82) is 0 Å². The molecule has 29 heavy (non-hydrogen) atoms. The molecule has 3 aromatic carbocycles. The molecule has 0 radical (unpaired) electrons. The zero-order chi connectivity index (χ0) is 19.8. The second-order valence-electron chi connectivity index (χ2n) is 7.61. The second kappa shape index (κ2) is 7.37. The second-order valence-corrected chi connectivity index (χ2v) is 7.61. The maximum atomic E-state index is 13.0. The number of hydrogen-bond donors (Lipinski definition) is 0. The Kier molecular flexibility index (Phi) is 4.57. The monoisotopic (exact) mass is 384 g/mol. The van der Waals surface area contributed by atoms with E-state index in [0.717, 1.165) is 26.2 Å². The molecular weight excluding hydrogens is 360 g/mol. The van der Waals surface area contributed by atoms with E-state index in [1.807, 2.05) is 29.2 Å². The van der Waals surface area contributed by atoms with Crippen LogP contribution in [0.1, 0.15) is 27.5 Å². The maximum Gasteiger partial charge on any atom is 0.257 e. The molecule has 2 aliphatic rings. The van der Waals surface area contributed by atoms with Gasteiger partial charge in [0.25, 0.3) is 5.91 Å². The molecule has 0 aromatic heterocycles. The first-order valence-corrected chi connectivity index (χ1v) is 10.1. The highest BCUT2D eigenvalue weighted by Crippen LogP contribution is 2.46. The van der Waals surface area contributed by atoms with Crippen LogP contribution in [0.5, 0.6) is 5.75 Å². The van der Waals surface area contributed by atoms with Crippen molar-refractivity contribution < 1.29 is 9.53 Å². The summed E-state index contributed by atoms with van der Waals surface area (Å²) < 4.78 is 5.38. The predicted molar refractivity (Wildman–Crippen MR) is 114 cm³/mol. The largest absolute Gasteiger partial charge is 0.496 e. The number of rotatable bonds is 3. The average molecular weight is 384 g/mol. The van der Waals surface area contributed by atoms with Gasteiger partial charge in [-0.3, -0.25) is 9.69 Å². The number of carbonyl (C=O) groups excluding carboxylic acids is 1. The number of methoxy groups -OCH3 is 1. The normalized spacial score (nSPS) is 16.4. The topological polar surface area (TPSA) is 32.8 Å². The average Bonchev–Trinajstić information content (AvgIpc) is 3.13. The van der Waals surface area contributed by atoms with Crippen LogP contribution in [0, 0.1) is 0 Å². The van der Waals surface area contributed by atoms with Gasteiger partial charge in [-0.2, -0.15) is 0 Å². The van der Waals surface area contributed by atoms with Gasteiger partial charge in [0, 0.05) is 26.2 Å². The first kappa shape index (κ1) is 18.0. The lowest BCUT2D eigenvalue weighted by molar-refractivity contribution is 0.0597. The molecule has 0 N–H and O–H groups in total. The number of amides is 1. The fourth-order valence-electron chi connectivity index (χ4n) is 4.70. The van der Waals surface area contributed by atoms with E-state index in [4.69, 9.17) is 4.74 Å². The molecule has 4 nitrogen and oxygen atoms in total. The van der Waals surface area contributed by atoms with Crippen LogP contribution < -0.4 is 4.74 Å². The highest BCUT2D eigenvalue weighted by molar-refractivity contribution is 5.97. The van der Waals surface area contributed by atoms with Crippen LogP contribution in [0.4, 0.5) is 0 Å². The summed E-state index contributed by atoms with van der Waals surface area (Å²) in [5.41, 5.74) is 6.05. The Bertz CT molecular complexity index is 1010. The van der Waals surface area contributed by atoms with E-state index >= 15 is 0 Å². The Balaban J connectivity index is 1.37. The van der Waals surface area contributed by atoms with Gasteiger partial charge in [-0.15, -0.1) is 0 Å². The zero-order valence-electron chi connectivity index (χ0n) is 16.5. The number of fused-ring (bicyclic) bond motifs is 3. The number of ether oxygens (including phenoxy) is 1. The van der Waals surface area contributed by atoms with Gasteiger partial charge in [-0.1, -0.05) is 60.7 Å². The Morgan fingerprint density at radius 1 is 0.793 bits per heavy atom. The lowest BCUT2D eigenvalue weighted by Crippen LogP contribution is -2.49. The van der Waals surface area contributed by atoms with Gasteiger partial charge >= 0.3 is 0 Å². The highest BCUT2D eigenvalue weighted by Gasteiger charge is 2.35. The minimum absolute atomic E-state index is 0.0503. The van der Waals surface area contributed by atoms with Crippen LogP contribution >= 0.6 is 0 Å². The first-order chi connectivity index (χ1) is 14.3. The molecule has 0 atom stereocenters. The molecule has 0 spiro atoms. The molecule has 3 aromatic rings. The molecule has 1 saturated heterocycles. The van der Waals surface area contributed by atoms with Gasteiger partial charge in [0.1, 0.15) is 5.75 Å². The molecule has 1 heterocycles. The van der Waals surface area contributed by atoms with Crippen molar-refractivity contribution in [3.05, 3.63) is 89.5 Å². The van der Waals surface area contributed by atoms with Crippen molar-refractivity contribution in [2.24, 2.45) is 0 Å². The zero-order valence-corrected chi connectivity index (χ0v) is 16.5. The van der Waals surface area contributed by atoms with Crippen molar-refractivity contribution >= 4 is 5.91 Å². The third-order valence-electron chi connectivity index (χ3n) is 6.10. The summed E-state index contributed by atoms with van der Waals surface area (Å²) in [4.78, 5) is 17.5. The summed E-state index contributed by atoms with van der Waals surface area (Å²) in [5.74, 6) is 0.688. The summed E-state index contributed by atoms with van der Waals surface area (Å²) in [7, 11) is 1.61. The smallest absolute Gasteiger partial charge is 0.257 e. The standard InChI is InChI=1S/C25H24N2O2/c1-29-23-13-7-6-12-22(23)25(28)27-16-14-26(15-17-27)24-20-10-4-2-8-18(20)19-9-3-5-11-21(19)24/h2-13,24H,14-17H2,1H3. The van der Waals surface area contributed by atoms with E-state index in [1.165, 1.54) is 22.3 Å². The van der Waals surface area contributed by atoms with E-state index in [1.54, 1.807) is 7.11 Å². The molecule has 0 saturated carbocycles. The van der Waals surface area contributed by atoms with E-state index in [0.29, 0.717) is 11.3 Å². The first-order valence-electron chi connectivity index (χ1n) is 10.1. The van der Waals surface area contributed by atoms with Crippen LogP contribution in [0.3, 0.4) is 0 Å². The number of hydrogen-bond acceptors (Lipinski definition) is 3. The lowest BCUT2D eigenvalue weighted by Gasteiger charge is -2.38. The van der Waals surface area contributed by atoms with E-state index in [9.17, 15) is 4.79 Å². The third-order valence-corrected chi connectivity index (χ3v) is 6.10. The van der Waals surface area contributed by atoms with Crippen LogP contribution in [-0.4, -0.2) is 49.0 Å². The SMILES string of the molecule is COc1ccccc1C(=O)N1CCN(C2c3ccccc3-c3ccccc32)CC1. The van der Waals surface area contributed by atoms with Gasteiger partial charge in [0.15, 0.2) is 0 Å². The van der Waals surface area contributed by atoms with Gasteiger partial charge in [-0.25, -0.2) is 0 Å². The van der Waals surface area contributed by atoms with Gasteiger partial charge in [0.05, 0.1) is 18.7 Å². The predicted octanol–water partition coefficient (Wildman–Crippen LogP) is 4.22. The van der Waals surface area contributed by atoms with E-state index < -0.39 is 0 Å². The quantitative estimate of drug-likeness (QED) is 0.678. The van der Waals surface area contributed by atoms with Crippen LogP contribution in [0.25, 0.3) is 11.1 Å². The molecule has 0 unspecified atom stereocenters. The Labute approximate surface area is 171 Å². The van der Waals surface area contributed by atoms with E-state index in [2.05, 4.69) is 53.4 Å². The number of nitrogens with zero attached hydrogens (tertiary/aromatic N) is 2. The number of piperazine rings is 1. The van der Waals surface area contributed by atoms with Gasteiger partial charge < -0.3 is 9.64 Å². The van der Waals surface area contributed by atoms with Crippen LogP contribution in [0.2, 0.25) is 0 Å². The minimum Gasteiger partial charge on any atom is -0.496 e. The molecule has 4 heteroatoms. The molecule has 1 amide bonds. The van der Waals surface area contributed by atoms with Crippen molar-refractivity contribution in [3.8, 4) is 16.9 Å². The van der Waals surface area contributed by atoms with E-state index in [-0.39, 0.29) is 11.9 Å². The van der Waals surface area contributed by atoms with Crippen molar-refractivity contribution in [2.75, 3.05) is 33.3 Å². The van der Waals surface area contributed by atoms with Crippen molar-refractivity contribution in [3.63, 3.8) is 0 Å². The summed E-state index contributed by atoms with van der Waals surface area (Å²) in [6, 6.07) is 25.1. The summed E-state index contributed by atoms with van der Waals surface area (Å²) in [6.07, 6.45) is 0. The molecule has 0 bridgehead atoms. The summed E-state index contributed by atoms with van der Waals surface area (Å²) in [6.45, 7) is 3.15. The molecule has 1 fully saturated rings. The molecular formula is C25H24N2O2. The Morgan fingerprint density at radius 2 is 1.34 bits per heavy atom. The summed E-state index contributed by atoms with van der Waals surface area (Å²) in [5, 5.41) is 0. The van der Waals surface area contributed by atoms with Crippen LogP contribution in [-0.2, 0) is 0 Å². The minimum atomic E-state index is 0.0503. The highest BCUT2D eigenvalue weighted by atomic mass is 16.5.